The lowest BCUT2D eigenvalue weighted by molar-refractivity contribution is 0.147. The Morgan fingerprint density at radius 2 is 2.00 bits per heavy atom. The van der Waals surface area contributed by atoms with Gasteiger partial charge in [0.05, 0.1) is 19.2 Å². The first-order valence-electron chi connectivity index (χ1n) is 11.1. The van der Waals surface area contributed by atoms with Crippen LogP contribution >= 0.6 is 24.0 Å². The molecule has 9 heteroatoms. The molecule has 1 aromatic rings. The van der Waals surface area contributed by atoms with E-state index in [9.17, 15) is 9.18 Å². The Labute approximate surface area is 201 Å². The lowest BCUT2D eigenvalue weighted by atomic mass is 10.0. The van der Waals surface area contributed by atoms with Crippen molar-refractivity contribution in [1.29, 1.82) is 0 Å². The van der Waals surface area contributed by atoms with E-state index in [4.69, 9.17) is 9.73 Å². The van der Waals surface area contributed by atoms with Crippen molar-refractivity contribution in [3.05, 3.63) is 30.1 Å². The molecule has 2 fully saturated rings. The number of piperidine rings is 1. The fraction of sp³-hybridized carbons (Fsp3) is 0.636. The van der Waals surface area contributed by atoms with E-state index in [0.29, 0.717) is 25.1 Å². The van der Waals surface area contributed by atoms with Gasteiger partial charge in [0.2, 0.25) is 0 Å². The zero-order valence-corrected chi connectivity index (χ0v) is 20.7. The second-order valence-corrected chi connectivity index (χ2v) is 7.91. The first-order chi connectivity index (χ1) is 14.6. The maximum absolute atomic E-state index is 13.5. The van der Waals surface area contributed by atoms with Gasteiger partial charge in [0, 0.05) is 31.4 Å². The van der Waals surface area contributed by atoms with Gasteiger partial charge in [0.25, 0.3) is 0 Å². The summed E-state index contributed by atoms with van der Waals surface area (Å²) in [4.78, 5) is 18.8. The summed E-state index contributed by atoms with van der Waals surface area (Å²) >= 11 is 0. The Kier molecular flexibility index (Phi) is 10.6. The van der Waals surface area contributed by atoms with Crippen molar-refractivity contribution in [3.8, 4) is 0 Å². The van der Waals surface area contributed by atoms with Crippen molar-refractivity contribution in [1.82, 2.24) is 16.0 Å². The van der Waals surface area contributed by atoms with E-state index in [0.717, 1.165) is 57.0 Å². The second kappa shape index (κ2) is 12.9. The molecular weight excluding hydrogens is 512 g/mol. The first-order valence-corrected chi connectivity index (χ1v) is 11.1. The third-order valence-electron chi connectivity index (χ3n) is 5.57. The summed E-state index contributed by atoms with van der Waals surface area (Å²) in [5, 5.41) is 9.78. The van der Waals surface area contributed by atoms with Gasteiger partial charge in [-0.25, -0.2) is 9.18 Å². The summed E-state index contributed by atoms with van der Waals surface area (Å²) < 4.78 is 18.5. The van der Waals surface area contributed by atoms with Crippen LogP contribution in [0.3, 0.4) is 0 Å². The lowest BCUT2D eigenvalue weighted by Gasteiger charge is -2.34. The SMILES string of the molecule is CCNC(=NCC(NC(=O)OCC)C1CC1)NC1CCN(c2cccc(F)c2)CC1.I. The number of alkyl carbamates (subject to hydrolysis) is 1. The average Bonchev–Trinajstić information content (AvgIpc) is 3.57. The Bertz CT molecular complexity index is 724. The zero-order chi connectivity index (χ0) is 21.3. The Morgan fingerprint density at radius 1 is 1.26 bits per heavy atom. The predicted octanol–water partition coefficient (Wildman–Crippen LogP) is 3.49. The minimum Gasteiger partial charge on any atom is -0.450 e. The van der Waals surface area contributed by atoms with E-state index in [1.165, 1.54) is 6.07 Å². The number of guanidine groups is 1. The minimum atomic E-state index is -0.368. The molecule has 1 heterocycles. The molecule has 1 unspecified atom stereocenters. The van der Waals surface area contributed by atoms with Gasteiger partial charge < -0.3 is 25.6 Å². The second-order valence-electron chi connectivity index (χ2n) is 7.91. The Balaban J connectivity index is 0.00000341. The third-order valence-corrected chi connectivity index (χ3v) is 5.57. The van der Waals surface area contributed by atoms with E-state index in [2.05, 4.69) is 20.9 Å². The maximum atomic E-state index is 13.5. The lowest BCUT2D eigenvalue weighted by Crippen LogP contribution is -2.49. The zero-order valence-electron chi connectivity index (χ0n) is 18.4. The molecule has 1 aliphatic heterocycles. The molecule has 1 saturated carbocycles. The number of ether oxygens (including phenoxy) is 1. The van der Waals surface area contributed by atoms with Gasteiger partial charge in [-0.1, -0.05) is 6.07 Å². The Morgan fingerprint density at radius 3 is 2.61 bits per heavy atom. The molecule has 0 bridgehead atoms. The summed E-state index contributed by atoms with van der Waals surface area (Å²) in [5.41, 5.74) is 0.936. The molecule has 0 radical (unpaired) electrons. The van der Waals surface area contributed by atoms with Crippen LogP contribution in [-0.4, -0.2) is 56.9 Å². The first kappa shape index (κ1) is 25.5. The van der Waals surface area contributed by atoms with Crippen LogP contribution in [-0.2, 0) is 4.74 Å². The monoisotopic (exact) mass is 547 g/mol. The molecule has 1 amide bonds. The molecule has 2 aliphatic rings. The normalized spacial score (nSPS) is 18.0. The molecule has 1 saturated heterocycles. The molecule has 0 aromatic heterocycles. The Hall–Kier alpha value is -1.78. The van der Waals surface area contributed by atoms with Crippen molar-refractivity contribution in [2.24, 2.45) is 10.9 Å². The van der Waals surface area contributed by atoms with Crippen LogP contribution < -0.4 is 20.9 Å². The number of halogens is 2. The van der Waals surface area contributed by atoms with Crippen LogP contribution in [0, 0.1) is 11.7 Å². The number of hydrogen-bond acceptors (Lipinski definition) is 4. The standard InChI is InChI=1S/C22H34FN5O2.HI/c1-3-24-21(25-15-20(16-8-9-16)27-22(29)30-4-2)26-18-10-12-28(13-11-18)19-7-5-6-17(23)14-19;/h5-7,14,16,18,20H,3-4,8-13,15H2,1-2H3,(H,27,29)(H2,24,25,26);1H. The quantitative estimate of drug-likeness (QED) is 0.264. The van der Waals surface area contributed by atoms with E-state index < -0.39 is 0 Å². The van der Waals surface area contributed by atoms with Crippen molar-refractivity contribution in [2.45, 2.75) is 51.6 Å². The molecule has 31 heavy (non-hydrogen) atoms. The van der Waals surface area contributed by atoms with Crippen LogP contribution in [0.15, 0.2) is 29.3 Å². The summed E-state index contributed by atoms with van der Waals surface area (Å²) in [5.74, 6) is 1.06. The van der Waals surface area contributed by atoms with Crippen LogP contribution in [0.2, 0.25) is 0 Å². The van der Waals surface area contributed by atoms with Crippen molar-refractivity contribution < 1.29 is 13.9 Å². The number of carbonyl (C=O) groups is 1. The predicted molar refractivity (Wildman–Crippen MR) is 133 cm³/mol. The summed E-state index contributed by atoms with van der Waals surface area (Å²) in [6.45, 7) is 7.25. The highest BCUT2D eigenvalue weighted by Gasteiger charge is 2.32. The largest absolute Gasteiger partial charge is 0.450 e. The van der Waals surface area contributed by atoms with Gasteiger partial charge in [-0.3, -0.25) is 4.99 Å². The third kappa shape index (κ3) is 8.34. The summed E-state index contributed by atoms with van der Waals surface area (Å²) in [6, 6.07) is 7.10. The molecule has 174 valence electrons. The number of anilines is 1. The van der Waals surface area contributed by atoms with Crippen LogP contribution in [0.5, 0.6) is 0 Å². The average molecular weight is 547 g/mol. The number of rotatable bonds is 8. The van der Waals surface area contributed by atoms with Crippen molar-refractivity contribution >= 4 is 41.7 Å². The molecule has 3 N–H and O–H groups in total. The number of aliphatic imine (C=N–C) groups is 1. The van der Waals surface area contributed by atoms with Crippen LogP contribution in [0.25, 0.3) is 0 Å². The van der Waals surface area contributed by atoms with Gasteiger partial charge >= 0.3 is 6.09 Å². The molecule has 7 nitrogen and oxygen atoms in total. The highest BCUT2D eigenvalue weighted by molar-refractivity contribution is 14.0. The highest BCUT2D eigenvalue weighted by atomic mass is 127. The number of benzene rings is 1. The van der Waals surface area contributed by atoms with Crippen molar-refractivity contribution in [3.63, 3.8) is 0 Å². The van der Waals surface area contributed by atoms with Gasteiger partial charge in [0.1, 0.15) is 5.82 Å². The number of carbonyl (C=O) groups excluding carboxylic acids is 1. The molecular formula is C22H35FIN5O2. The van der Waals surface area contributed by atoms with Gasteiger partial charge in [-0.15, -0.1) is 24.0 Å². The molecule has 0 spiro atoms. The number of nitrogens with one attached hydrogen (secondary N) is 3. The number of nitrogens with zero attached hydrogens (tertiary/aromatic N) is 2. The smallest absolute Gasteiger partial charge is 0.407 e. The summed E-state index contributed by atoms with van der Waals surface area (Å²) in [6.07, 6.45) is 3.78. The molecule has 1 aromatic carbocycles. The van der Waals surface area contributed by atoms with Crippen LogP contribution in [0.4, 0.5) is 14.9 Å². The molecule has 1 atom stereocenters. The van der Waals surface area contributed by atoms with Gasteiger partial charge in [0.15, 0.2) is 5.96 Å². The summed E-state index contributed by atoms with van der Waals surface area (Å²) in [7, 11) is 0. The maximum Gasteiger partial charge on any atom is 0.407 e. The highest BCUT2D eigenvalue weighted by Crippen LogP contribution is 2.32. The van der Waals surface area contributed by atoms with E-state index in [1.54, 1.807) is 19.1 Å². The molecule has 1 aliphatic carbocycles. The fourth-order valence-corrected chi connectivity index (χ4v) is 3.79. The fourth-order valence-electron chi connectivity index (χ4n) is 3.79. The van der Waals surface area contributed by atoms with Gasteiger partial charge in [-0.05, 0) is 63.6 Å². The van der Waals surface area contributed by atoms with E-state index >= 15 is 0 Å². The molecule has 3 rings (SSSR count). The topological polar surface area (TPSA) is 78.0 Å². The van der Waals surface area contributed by atoms with Crippen LogP contribution in [0.1, 0.15) is 39.5 Å². The van der Waals surface area contributed by atoms with Crippen molar-refractivity contribution in [2.75, 3.05) is 37.7 Å². The van der Waals surface area contributed by atoms with E-state index in [1.807, 2.05) is 13.0 Å². The number of hydrogen-bond donors (Lipinski definition) is 3. The van der Waals surface area contributed by atoms with E-state index in [-0.39, 0.29) is 41.9 Å². The van der Waals surface area contributed by atoms with Gasteiger partial charge in [-0.2, -0.15) is 0 Å². The minimum absolute atomic E-state index is 0. The number of amides is 1.